The first kappa shape index (κ1) is 25.6. The lowest BCUT2D eigenvalue weighted by Gasteiger charge is -2.30. The summed E-state index contributed by atoms with van der Waals surface area (Å²) in [6.45, 7) is 4.74. The number of nitrogens with one attached hydrogen (secondary N) is 1. The second kappa shape index (κ2) is 11.8. The van der Waals surface area contributed by atoms with Crippen molar-refractivity contribution in [3.63, 3.8) is 0 Å². The number of hydrogen-bond acceptors (Lipinski definition) is 7. The molecule has 0 radical (unpaired) electrons. The molecule has 170 valence electrons. The number of hydrogen-bond donors (Lipinski definition) is 1. The number of carbonyl (C=O) groups excluding carboxylic acids is 2. The van der Waals surface area contributed by atoms with Crippen molar-refractivity contribution in [2.45, 2.75) is 19.8 Å². The van der Waals surface area contributed by atoms with Crippen LogP contribution in [0.5, 0.6) is 0 Å². The van der Waals surface area contributed by atoms with E-state index in [4.69, 9.17) is 32.7 Å². The summed E-state index contributed by atoms with van der Waals surface area (Å²) < 4.78 is 10.6. The SMILES string of the molecule is COC(=O)C1=C(C)NC(C)=C(C(=O)OCCSCCN(C)C)C1c1cccc(Cl)c1Cl. The lowest BCUT2D eigenvalue weighted by molar-refractivity contribution is -0.139. The van der Waals surface area contributed by atoms with Gasteiger partial charge in [-0.1, -0.05) is 35.3 Å². The zero-order valence-electron chi connectivity index (χ0n) is 18.4. The Bertz CT molecular complexity index is 899. The van der Waals surface area contributed by atoms with E-state index in [1.807, 2.05) is 14.1 Å². The second-order valence-corrected chi connectivity index (χ2v) is 9.33. The Balaban J connectivity index is 2.32. The molecule has 0 amide bonds. The fourth-order valence-corrected chi connectivity index (χ4v) is 4.64. The lowest BCUT2D eigenvalue weighted by atomic mass is 9.80. The molecule has 9 heteroatoms. The van der Waals surface area contributed by atoms with E-state index in [0.717, 1.165) is 12.3 Å². The molecule has 1 aliphatic heterocycles. The van der Waals surface area contributed by atoms with Crippen molar-refractivity contribution in [1.29, 1.82) is 0 Å². The van der Waals surface area contributed by atoms with Gasteiger partial charge in [0.15, 0.2) is 0 Å². The number of rotatable bonds is 9. The van der Waals surface area contributed by atoms with Crippen LogP contribution in [0.3, 0.4) is 0 Å². The molecule has 6 nitrogen and oxygen atoms in total. The summed E-state index contributed by atoms with van der Waals surface area (Å²) in [6.07, 6.45) is 0. The number of dihydropyridines is 1. The summed E-state index contributed by atoms with van der Waals surface area (Å²) in [4.78, 5) is 27.8. The molecule has 1 aliphatic rings. The third kappa shape index (κ3) is 6.42. The first-order valence-corrected chi connectivity index (χ1v) is 11.7. The van der Waals surface area contributed by atoms with Gasteiger partial charge in [0.2, 0.25) is 0 Å². The fourth-order valence-electron chi connectivity index (χ4n) is 3.32. The highest BCUT2D eigenvalue weighted by atomic mass is 35.5. The maximum atomic E-state index is 13.1. The summed E-state index contributed by atoms with van der Waals surface area (Å²) in [7, 11) is 5.33. The molecular weight excluding hydrogens is 459 g/mol. The van der Waals surface area contributed by atoms with Crippen LogP contribution < -0.4 is 5.32 Å². The average Bonchev–Trinajstić information content (AvgIpc) is 2.71. The molecule has 31 heavy (non-hydrogen) atoms. The van der Waals surface area contributed by atoms with Gasteiger partial charge in [-0.2, -0.15) is 11.8 Å². The number of carbonyl (C=O) groups is 2. The van der Waals surface area contributed by atoms with Crippen LogP contribution in [-0.2, 0) is 19.1 Å². The van der Waals surface area contributed by atoms with E-state index >= 15 is 0 Å². The summed E-state index contributed by atoms with van der Waals surface area (Å²) in [6, 6.07) is 5.13. The number of esters is 2. The van der Waals surface area contributed by atoms with Crippen LogP contribution in [0.25, 0.3) is 0 Å². The Morgan fingerprint density at radius 3 is 2.35 bits per heavy atom. The summed E-state index contributed by atoms with van der Waals surface area (Å²) >= 11 is 14.4. The van der Waals surface area contributed by atoms with Gasteiger partial charge in [-0.25, -0.2) is 9.59 Å². The van der Waals surface area contributed by atoms with Gasteiger partial charge in [0.1, 0.15) is 6.61 Å². The van der Waals surface area contributed by atoms with Gasteiger partial charge < -0.3 is 19.7 Å². The number of allylic oxidation sites excluding steroid dienone is 2. The Morgan fingerprint density at radius 2 is 1.74 bits per heavy atom. The van der Waals surface area contributed by atoms with Crippen LogP contribution >= 0.6 is 35.0 Å². The van der Waals surface area contributed by atoms with Crippen molar-refractivity contribution < 1.29 is 19.1 Å². The lowest BCUT2D eigenvalue weighted by Crippen LogP contribution is -2.32. The molecular formula is C22H28Cl2N2O4S. The summed E-state index contributed by atoms with van der Waals surface area (Å²) in [5.41, 5.74) is 2.33. The van der Waals surface area contributed by atoms with E-state index < -0.39 is 17.9 Å². The van der Waals surface area contributed by atoms with Gasteiger partial charge >= 0.3 is 11.9 Å². The minimum Gasteiger partial charge on any atom is -0.466 e. The van der Waals surface area contributed by atoms with Crippen molar-refractivity contribution in [1.82, 2.24) is 10.2 Å². The highest BCUT2D eigenvalue weighted by Crippen LogP contribution is 2.43. The molecule has 1 N–H and O–H groups in total. The van der Waals surface area contributed by atoms with Crippen molar-refractivity contribution in [3.05, 3.63) is 56.3 Å². The van der Waals surface area contributed by atoms with E-state index in [1.165, 1.54) is 7.11 Å². The summed E-state index contributed by atoms with van der Waals surface area (Å²) in [5, 5.41) is 3.72. The van der Waals surface area contributed by atoms with Gasteiger partial charge in [0.25, 0.3) is 0 Å². The Morgan fingerprint density at radius 1 is 1.10 bits per heavy atom. The molecule has 1 heterocycles. The normalized spacial score (nSPS) is 16.5. The van der Waals surface area contributed by atoms with Gasteiger partial charge in [0, 0.05) is 29.4 Å². The first-order chi connectivity index (χ1) is 14.7. The van der Waals surface area contributed by atoms with Crippen LogP contribution in [0.1, 0.15) is 25.3 Å². The number of thioether (sulfide) groups is 1. The second-order valence-electron chi connectivity index (χ2n) is 7.32. The quantitative estimate of drug-likeness (QED) is 0.413. The Labute approximate surface area is 197 Å². The third-order valence-electron chi connectivity index (χ3n) is 4.82. The van der Waals surface area contributed by atoms with Crippen molar-refractivity contribution >= 4 is 46.9 Å². The molecule has 2 rings (SSSR count). The van der Waals surface area contributed by atoms with E-state index in [2.05, 4.69) is 10.2 Å². The van der Waals surface area contributed by atoms with Crippen LogP contribution in [0.2, 0.25) is 10.0 Å². The number of nitrogens with zero attached hydrogens (tertiary/aromatic N) is 1. The van der Waals surface area contributed by atoms with Crippen LogP contribution in [0, 0.1) is 0 Å². The fraction of sp³-hybridized carbons (Fsp3) is 0.455. The number of halogens is 2. The molecule has 1 aromatic rings. The molecule has 0 spiro atoms. The minimum atomic E-state index is -0.756. The third-order valence-corrected chi connectivity index (χ3v) is 6.58. The van der Waals surface area contributed by atoms with E-state index in [0.29, 0.717) is 38.9 Å². The van der Waals surface area contributed by atoms with Crippen molar-refractivity contribution in [2.24, 2.45) is 0 Å². The standard InChI is InChI=1S/C22H28Cl2N2O4S/c1-13-17(21(27)29-5)19(15-7-6-8-16(23)20(15)24)18(14(2)25-13)22(28)30-10-12-31-11-9-26(3)4/h6-8,19,25H,9-12H2,1-5H3. The van der Waals surface area contributed by atoms with Crippen LogP contribution in [0.15, 0.2) is 40.7 Å². The van der Waals surface area contributed by atoms with Crippen LogP contribution in [-0.4, -0.2) is 62.7 Å². The number of methoxy groups -OCH3 is 1. The highest BCUT2D eigenvalue weighted by Gasteiger charge is 2.39. The van der Waals surface area contributed by atoms with Crippen molar-refractivity contribution in [3.8, 4) is 0 Å². The van der Waals surface area contributed by atoms with Crippen LogP contribution in [0.4, 0.5) is 0 Å². The number of ether oxygens (including phenoxy) is 2. The van der Waals surface area contributed by atoms with Gasteiger partial charge in [0.05, 0.1) is 34.2 Å². The molecule has 0 aromatic heterocycles. The predicted molar refractivity (Wildman–Crippen MR) is 127 cm³/mol. The van der Waals surface area contributed by atoms with Gasteiger partial charge in [-0.3, -0.25) is 0 Å². The van der Waals surface area contributed by atoms with E-state index in [-0.39, 0.29) is 11.6 Å². The summed E-state index contributed by atoms with van der Waals surface area (Å²) in [5.74, 6) is -0.186. The predicted octanol–water partition coefficient (Wildman–Crippen LogP) is 4.24. The molecule has 0 saturated heterocycles. The first-order valence-electron chi connectivity index (χ1n) is 9.79. The largest absolute Gasteiger partial charge is 0.466 e. The monoisotopic (exact) mass is 486 g/mol. The molecule has 0 saturated carbocycles. The highest BCUT2D eigenvalue weighted by molar-refractivity contribution is 7.99. The molecule has 0 fully saturated rings. The van der Waals surface area contributed by atoms with Gasteiger partial charge in [-0.15, -0.1) is 0 Å². The zero-order valence-corrected chi connectivity index (χ0v) is 20.7. The molecule has 0 aliphatic carbocycles. The molecule has 1 aromatic carbocycles. The Kier molecular flexibility index (Phi) is 9.75. The minimum absolute atomic E-state index is 0.264. The smallest absolute Gasteiger partial charge is 0.336 e. The van der Waals surface area contributed by atoms with E-state index in [9.17, 15) is 9.59 Å². The molecule has 1 atom stereocenters. The maximum absolute atomic E-state index is 13.1. The van der Waals surface area contributed by atoms with E-state index in [1.54, 1.807) is 43.8 Å². The number of benzene rings is 1. The molecule has 1 unspecified atom stereocenters. The maximum Gasteiger partial charge on any atom is 0.336 e. The molecule has 0 bridgehead atoms. The zero-order chi connectivity index (χ0) is 23.1. The Hall–Kier alpha value is -1.67. The average molecular weight is 487 g/mol. The van der Waals surface area contributed by atoms with Gasteiger partial charge in [-0.05, 0) is 39.6 Å². The topological polar surface area (TPSA) is 67.9 Å². The van der Waals surface area contributed by atoms with Crippen molar-refractivity contribution in [2.75, 3.05) is 45.9 Å².